The van der Waals surface area contributed by atoms with Crippen molar-refractivity contribution in [3.05, 3.63) is 24.0 Å². The summed E-state index contributed by atoms with van der Waals surface area (Å²) in [6.45, 7) is 2.06. The van der Waals surface area contributed by atoms with Gasteiger partial charge in [-0.25, -0.2) is 4.39 Å². The van der Waals surface area contributed by atoms with Crippen LogP contribution in [0.2, 0.25) is 0 Å². The molecule has 0 aromatic heterocycles. The fraction of sp³-hybridized carbons (Fsp3) is 0.417. The Morgan fingerprint density at radius 3 is 2.81 bits per heavy atom. The summed E-state index contributed by atoms with van der Waals surface area (Å²) in [7, 11) is 0. The van der Waals surface area contributed by atoms with E-state index in [0.717, 1.165) is 25.3 Å². The number of hydrogen-bond donors (Lipinski definition) is 2. The molecule has 16 heavy (non-hydrogen) atoms. The van der Waals surface area contributed by atoms with Crippen LogP contribution in [0.1, 0.15) is 32.6 Å². The first-order valence-electron chi connectivity index (χ1n) is 5.42. The predicted molar refractivity (Wildman–Crippen MR) is 60.8 cm³/mol. The van der Waals surface area contributed by atoms with Gasteiger partial charge in [0.1, 0.15) is 0 Å². The van der Waals surface area contributed by atoms with Crippen molar-refractivity contribution < 1.29 is 14.3 Å². The van der Waals surface area contributed by atoms with Crippen LogP contribution >= 0.6 is 0 Å². The van der Waals surface area contributed by atoms with E-state index in [1.54, 1.807) is 0 Å². The molecule has 3 nitrogen and oxygen atoms in total. The quantitative estimate of drug-likeness (QED) is 0.597. The molecule has 2 N–H and O–H groups in total. The minimum absolute atomic E-state index is 0.126. The van der Waals surface area contributed by atoms with E-state index in [9.17, 15) is 9.18 Å². The van der Waals surface area contributed by atoms with Gasteiger partial charge in [-0.15, -0.1) is 0 Å². The van der Waals surface area contributed by atoms with Gasteiger partial charge < -0.3 is 10.4 Å². The van der Waals surface area contributed by atoms with Crippen molar-refractivity contribution in [2.75, 3.05) is 5.32 Å². The number of halogens is 1. The number of phenols is 1. The summed E-state index contributed by atoms with van der Waals surface area (Å²) in [5.74, 6) is -1.27. The standard InChI is InChI=1S/C12H16FNO2/c1-2-3-4-5-12(16)14-9-6-7-11(15)10(13)8-9/h6-8,15H,2-5H2,1H3,(H,14,16). The zero-order valence-corrected chi connectivity index (χ0v) is 9.29. The van der Waals surface area contributed by atoms with Crippen LogP contribution < -0.4 is 5.32 Å². The number of unbranched alkanes of at least 4 members (excludes halogenated alkanes) is 2. The Bertz CT molecular complexity index is 366. The molecule has 1 rings (SSSR count). The Balaban J connectivity index is 2.46. The molecule has 0 radical (unpaired) electrons. The molecule has 0 atom stereocenters. The van der Waals surface area contributed by atoms with Gasteiger partial charge in [0, 0.05) is 18.2 Å². The largest absolute Gasteiger partial charge is 0.505 e. The van der Waals surface area contributed by atoms with Crippen LogP contribution in [0.15, 0.2) is 18.2 Å². The average Bonchev–Trinajstić information content (AvgIpc) is 2.24. The maximum Gasteiger partial charge on any atom is 0.224 e. The van der Waals surface area contributed by atoms with E-state index in [1.165, 1.54) is 12.1 Å². The number of benzene rings is 1. The van der Waals surface area contributed by atoms with E-state index < -0.39 is 11.6 Å². The first-order valence-corrected chi connectivity index (χ1v) is 5.42. The molecular weight excluding hydrogens is 209 g/mol. The molecule has 0 fully saturated rings. The zero-order valence-electron chi connectivity index (χ0n) is 9.29. The lowest BCUT2D eigenvalue weighted by Crippen LogP contribution is -2.11. The topological polar surface area (TPSA) is 49.3 Å². The summed E-state index contributed by atoms with van der Waals surface area (Å²) in [4.78, 5) is 11.4. The first kappa shape index (κ1) is 12.5. The molecule has 0 heterocycles. The Kier molecular flexibility index (Phi) is 4.76. The van der Waals surface area contributed by atoms with Gasteiger partial charge in [-0.2, -0.15) is 0 Å². The summed E-state index contributed by atoms with van der Waals surface area (Å²) in [5, 5.41) is 11.5. The van der Waals surface area contributed by atoms with Crippen molar-refractivity contribution in [1.29, 1.82) is 0 Å². The number of hydrogen-bond acceptors (Lipinski definition) is 2. The lowest BCUT2D eigenvalue weighted by atomic mass is 10.2. The lowest BCUT2D eigenvalue weighted by Gasteiger charge is -2.05. The van der Waals surface area contributed by atoms with Crippen molar-refractivity contribution in [2.45, 2.75) is 32.6 Å². The monoisotopic (exact) mass is 225 g/mol. The number of nitrogens with one attached hydrogen (secondary N) is 1. The second-order valence-corrected chi connectivity index (χ2v) is 3.67. The van der Waals surface area contributed by atoms with Crippen molar-refractivity contribution in [1.82, 2.24) is 0 Å². The molecule has 1 amide bonds. The normalized spacial score (nSPS) is 10.1. The molecule has 1 aromatic carbocycles. The zero-order chi connectivity index (χ0) is 12.0. The first-order chi connectivity index (χ1) is 7.63. The van der Waals surface area contributed by atoms with E-state index in [0.29, 0.717) is 12.1 Å². The van der Waals surface area contributed by atoms with Crippen LogP contribution in [-0.2, 0) is 4.79 Å². The van der Waals surface area contributed by atoms with Crippen LogP contribution in [0.3, 0.4) is 0 Å². The molecule has 1 aromatic rings. The Morgan fingerprint density at radius 1 is 1.44 bits per heavy atom. The van der Waals surface area contributed by atoms with Gasteiger partial charge in [0.25, 0.3) is 0 Å². The number of amides is 1. The molecule has 88 valence electrons. The maximum absolute atomic E-state index is 12.9. The number of carbonyl (C=O) groups excluding carboxylic acids is 1. The maximum atomic E-state index is 12.9. The Labute approximate surface area is 94.3 Å². The van der Waals surface area contributed by atoms with Gasteiger partial charge in [-0.1, -0.05) is 19.8 Å². The van der Waals surface area contributed by atoms with Crippen molar-refractivity contribution in [2.24, 2.45) is 0 Å². The Hall–Kier alpha value is -1.58. The summed E-state index contributed by atoms with van der Waals surface area (Å²) < 4.78 is 12.9. The minimum Gasteiger partial charge on any atom is -0.505 e. The van der Waals surface area contributed by atoms with Crippen LogP contribution in [0, 0.1) is 5.82 Å². The minimum atomic E-state index is -0.730. The summed E-state index contributed by atoms with van der Waals surface area (Å²) in [6.07, 6.45) is 3.34. The molecule has 0 aliphatic rings. The second kappa shape index (κ2) is 6.10. The molecule has 0 bridgehead atoms. The van der Waals surface area contributed by atoms with E-state index >= 15 is 0 Å². The highest BCUT2D eigenvalue weighted by Gasteiger charge is 2.05. The van der Waals surface area contributed by atoms with Crippen LogP contribution in [0.5, 0.6) is 5.75 Å². The predicted octanol–water partition coefficient (Wildman–Crippen LogP) is 3.05. The summed E-state index contributed by atoms with van der Waals surface area (Å²) in [5.41, 5.74) is 0.372. The SMILES string of the molecule is CCCCCC(=O)Nc1ccc(O)c(F)c1. The summed E-state index contributed by atoms with van der Waals surface area (Å²) >= 11 is 0. The fourth-order valence-electron chi connectivity index (χ4n) is 1.34. The number of aromatic hydroxyl groups is 1. The third kappa shape index (κ3) is 3.88. The molecule has 0 aliphatic carbocycles. The molecule has 0 saturated heterocycles. The van der Waals surface area contributed by atoms with Gasteiger partial charge >= 0.3 is 0 Å². The number of phenolic OH excluding ortho intramolecular Hbond substituents is 1. The van der Waals surface area contributed by atoms with Gasteiger partial charge in [-0.05, 0) is 18.6 Å². The molecule has 4 heteroatoms. The molecule has 0 unspecified atom stereocenters. The van der Waals surface area contributed by atoms with Crippen molar-refractivity contribution >= 4 is 11.6 Å². The number of rotatable bonds is 5. The van der Waals surface area contributed by atoms with Crippen LogP contribution in [-0.4, -0.2) is 11.0 Å². The fourth-order valence-corrected chi connectivity index (χ4v) is 1.34. The molecular formula is C12H16FNO2. The van der Waals surface area contributed by atoms with Gasteiger partial charge in [0.2, 0.25) is 5.91 Å². The molecule has 0 spiro atoms. The summed E-state index contributed by atoms with van der Waals surface area (Å²) in [6, 6.07) is 3.79. The van der Waals surface area contributed by atoms with E-state index in [2.05, 4.69) is 12.2 Å². The van der Waals surface area contributed by atoms with Gasteiger partial charge in [0.05, 0.1) is 0 Å². The van der Waals surface area contributed by atoms with E-state index in [4.69, 9.17) is 5.11 Å². The van der Waals surface area contributed by atoms with Crippen LogP contribution in [0.25, 0.3) is 0 Å². The van der Waals surface area contributed by atoms with E-state index in [1.807, 2.05) is 0 Å². The third-order valence-corrected chi connectivity index (χ3v) is 2.24. The van der Waals surface area contributed by atoms with Crippen molar-refractivity contribution in [3.8, 4) is 5.75 Å². The lowest BCUT2D eigenvalue weighted by molar-refractivity contribution is -0.116. The van der Waals surface area contributed by atoms with Gasteiger partial charge in [0.15, 0.2) is 11.6 Å². The average molecular weight is 225 g/mol. The van der Waals surface area contributed by atoms with Crippen LogP contribution in [0.4, 0.5) is 10.1 Å². The number of anilines is 1. The van der Waals surface area contributed by atoms with E-state index in [-0.39, 0.29) is 5.91 Å². The molecule has 0 saturated carbocycles. The Morgan fingerprint density at radius 2 is 2.19 bits per heavy atom. The highest BCUT2D eigenvalue weighted by Crippen LogP contribution is 2.19. The highest BCUT2D eigenvalue weighted by atomic mass is 19.1. The second-order valence-electron chi connectivity index (χ2n) is 3.67. The highest BCUT2D eigenvalue weighted by molar-refractivity contribution is 5.90. The third-order valence-electron chi connectivity index (χ3n) is 2.24. The number of carbonyl (C=O) groups is 1. The van der Waals surface area contributed by atoms with Crippen molar-refractivity contribution in [3.63, 3.8) is 0 Å². The smallest absolute Gasteiger partial charge is 0.224 e. The molecule has 0 aliphatic heterocycles. The van der Waals surface area contributed by atoms with Gasteiger partial charge in [-0.3, -0.25) is 4.79 Å².